The Kier molecular flexibility index (Phi) is 4.43. The van der Waals surface area contributed by atoms with Gasteiger partial charge in [0.2, 0.25) is 0 Å². The third-order valence-electron chi connectivity index (χ3n) is 3.10. The van der Waals surface area contributed by atoms with Gasteiger partial charge >= 0.3 is 0 Å². The molecule has 0 atom stereocenters. The molecule has 0 N–H and O–H groups in total. The first-order chi connectivity index (χ1) is 8.31. The fourth-order valence-electron chi connectivity index (χ4n) is 2.18. The average molecular weight is 251 g/mol. The van der Waals surface area contributed by atoms with Crippen LogP contribution in [0.3, 0.4) is 0 Å². The normalized spacial score (nSPS) is 17.3. The molecule has 1 aromatic carbocycles. The summed E-state index contributed by atoms with van der Waals surface area (Å²) >= 11 is 5.93. The van der Waals surface area contributed by atoms with E-state index >= 15 is 0 Å². The van der Waals surface area contributed by atoms with Crippen LogP contribution in [0, 0.1) is 0 Å². The van der Waals surface area contributed by atoms with E-state index in [1.807, 2.05) is 12.1 Å². The Morgan fingerprint density at radius 3 is 2.65 bits per heavy atom. The van der Waals surface area contributed by atoms with Gasteiger partial charge in [-0.25, -0.2) is 0 Å². The van der Waals surface area contributed by atoms with Gasteiger partial charge in [-0.2, -0.15) is 0 Å². The van der Waals surface area contributed by atoms with Crippen LogP contribution in [0.1, 0.15) is 32.6 Å². The standard InChI is InChI=1S/C14H19ClN2/c1-2-14-16-10-4-3-5-11-17(14)13-8-6-12(15)7-9-13/h6-9H,2-5,10-11H2,1H3. The quantitative estimate of drug-likeness (QED) is 0.770. The van der Waals surface area contributed by atoms with Gasteiger partial charge in [0, 0.05) is 30.2 Å². The van der Waals surface area contributed by atoms with Gasteiger partial charge in [-0.15, -0.1) is 0 Å². The van der Waals surface area contributed by atoms with Crippen LogP contribution in [0.25, 0.3) is 0 Å². The third kappa shape index (κ3) is 3.22. The van der Waals surface area contributed by atoms with Crippen LogP contribution in [0.15, 0.2) is 29.3 Å². The summed E-state index contributed by atoms with van der Waals surface area (Å²) in [6, 6.07) is 8.05. The monoisotopic (exact) mass is 250 g/mol. The maximum absolute atomic E-state index is 5.93. The number of halogens is 1. The Morgan fingerprint density at radius 1 is 1.18 bits per heavy atom. The molecular weight excluding hydrogens is 232 g/mol. The second-order valence-corrected chi connectivity index (χ2v) is 4.78. The maximum Gasteiger partial charge on any atom is 0.103 e. The average Bonchev–Trinajstić information content (AvgIpc) is 2.31. The number of benzene rings is 1. The lowest BCUT2D eigenvalue weighted by atomic mass is 10.1. The molecule has 92 valence electrons. The minimum atomic E-state index is 0.788. The van der Waals surface area contributed by atoms with Crippen molar-refractivity contribution in [3.8, 4) is 0 Å². The van der Waals surface area contributed by atoms with Crippen molar-refractivity contribution >= 4 is 23.1 Å². The molecule has 2 nitrogen and oxygen atoms in total. The van der Waals surface area contributed by atoms with Gasteiger partial charge in [0.05, 0.1) is 0 Å². The summed E-state index contributed by atoms with van der Waals surface area (Å²) in [7, 11) is 0. The Labute approximate surface area is 108 Å². The van der Waals surface area contributed by atoms with E-state index in [9.17, 15) is 0 Å². The lowest BCUT2D eigenvalue weighted by Gasteiger charge is -2.27. The molecule has 1 aliphatic heterocycles. The van der Waals surface area contributed by atoms with E-state index in [-0.39, 0.29) is 0 Å². The SMILES string of the molecule is CCC1=NCCCCCN1c1ccc(Cl)cc1. The summed E-state index contributed by atoms with van der Waals surface area (Å²) in [5.41, 5.74) is 1.21. The van der Waals surface area contributed by atoms with Crippen molar-refractivity contribution < 1.29 is 0 Å². The maximum atomic E-state index is 5.93. The molecule has 3 heteroatoms. The van der Waals surface area contributed by atoms with Crippen LogP contribution in [0.4, 0.5) is 5.69 Å². The number of rotatable bonds is 2. The largest absolute Gasteiger partial charge is 0.330 e. The highest BCUT2D eigenvalue weighted by molar-refractivity contribution is 6.30. The molecule has 0 saturated heterocycles. The topological polar surface area (TPSA) is 15.6 Å². The molecule has 0 saturated carbocycles. The molecular formula is C14H19ClN2. The van der Waals surface area contributed by atoms with Crippen LogP contribution in [0.2, 0.25) is 5.02 Å². The van der Waals surface area contributed by atoms with Crippen molar-refractivity contribution in [2.45, 2.75) is 32.6 Å². The van der Waals surface area contributed by atoms with E-state index in [4.69, 9.17) is 16.6 Å². The zero-order chi connectivity index (χ0) is 12.1. The van der Waals surface area contributed by atoms with Crippen molar-refractivity contribution in [2.24, 2.45) is 4.99 Å². The van der Waals surface area contributed by atoms with E-state index < -0.39 is 0 Å². The Morgan fingerprint density at radius 2 is 1.94 bits per heavy atom. The first kappa shape index (κ1) is 12.4. The van der Waals surface area contributed by atoms with Crippen LogP contribution in [-0.2, 0) is 0 Å². The van der Waals surface area contributed by atoms with E-state index in [0.29, 0.717) is 0 Å². The fraction of sp³-hybridized carbons (Fsp3) is 0.500. The molecule has 0 unspecified atom stereocenters. The predicted molar refractivity (Wildman–Crippen MR) is 75.2 cm³/mol. The Hall–Kier alpha value is -1.02. The molecule has 0 fully saturated rings. The molecule has 1 heterocycles. The fourth-order valence-corrected chi connectivity index (χ4v) is 2.31. The van der Waals surface area contributed by atoms with Gasteiger partial charge in [0.15, 0.2) is 0 Å². The Bertz CT molecular complexity index is 384. The summed E-state index contributed by atoms with van der Waals surface area (Å²) in [5, 5.41) is 0.788. The molecule has 0 spiro atoms. The molecule has 17 heavy (non-hydrogen) atoms. The second kappa shape index (κ2) is 6.06. The van der Waals surface area contributed by atoms with E-state index in [2.05, 4.69) is 24.0 Å². The molecule has 0 aromatic heterocycles. The number of aliphatic imine (C=N–C) groups is 1. The van der Waals surface area contributed by atoms with Crippen LogP contribution in [0.5, 0.6) is 0 Å². The predicted octanol–water partition coefficient (Wildman–Crippen LogP) is 4.14. The van der Waals surface area contributed by atoms with Crippen molar-refractivity contribution in [3.05, 3.63) is 29.3 Å². The number of hydrogen-bond acceptors (Lipinski definition) is 2. The number of amidine groups is 1. The Balaban J connectivity index is 2.25. The lowest BCUT2D eigenvalue weighted by Crippen LogP contribution is -2.32. The van der Waals surface area contributed by atoms with Crippen LogP contribution < -0.4 is 4.90 Å². The van der Waals surface area contributed by atoms with Gasteiger partial charge in [-0.3, -0.25) is 4.99 Å². The van der Waals surface area contributed by atoms with Crippen molar-refractivity contribution in [1.82, 2.24) is 0 Å². The lowest BCUT2D eigenvalue weighted by molar-refractivity contribution is 0.672. The highest BCUT2D eigenvalue weighted by Gasteiger charge is 2.13. The van der Waals surface area contributed by atoms with Gasteiger partial charge in [-0.05, 0) is 43.5 Å². The van der Waals surface area contributed by atoms with Crippen LogP contribution in [-0.4, -0.2) is 18.9 Å². The number of hydrogen-bond donors (Lipinski definition) is 0. The summed E-state index contributed by atoms with van der Waals surface area (Å²) < 4.78 is 0. The molecule has 0 radical (unpaired) electrons. The molecule has 1 aliphatic rings. The molecule has 0 aliphatic carbocycles. The van der Waals surface area contributed by atoms with Crippen molar-refractivity contribution in [2.75, 3.05) is 18.0 Å². The highest BCUT2D eigenvalue weighted by atomic mass is 35.5. The van der Waals surface area contributed by atoms with E-state index in [0.717, 1.165) is 24.5 Å². The number of anilines is 1. The first-order valence-electron chi connectivity index (χ1n) is 6.37. The summed E-state index contributed by atoms with van der Waals surface area (Å²) in [6.07, 6.45) is 4.72. The number of nitrogens with zero attached hydrogens (tertiary/aromatic N) is 2. The van der Waals surface area contributed by atoms with Gasteiger partial charge < -0.3 is 4.90 Å². The zero-order valence-electron chi connectivity index (χ0n) is 10.3. The molecule has 0 bridgehead atoms. The summed E-state index contributed by atoms with van der Waals surface area (Å²) in [6.45, 7) is 4.20. The third-order valence-corrected chi connectivity index (χ3v) is 3.35. The smallest absolute Gasteiger partial charge is 0.103 e. The zero-order valence-corrected chi connectivity index (χ0v) is 11.1. The minimum absolute atomic E-state index is 0.788. The highest BCUT2D eigenvalue weighted by Crippen LogP contribution is 2.21. The van der Waals surface area contributed by atoms with E-state index in [1.165, 1.54) is 30.8 Å². The van der Waals surface area contributed by atoms with Gasteiger partial charge in [0.1, 0.15) is 5.84 Å². The second-order valence-electron chi connectivity index (χ2n) is 4.34. The summed E-state index contributed by atoms with van der Waals surface area (Å²) in [4.78, 5) is 7.02. The molecule has 1 aromatic rings. The van der Waals surface area contributed by atoms with Gasteiger partial charge in [0.25, 0.3) is 0 Å². The van der Waals surface area contributed by atoms with Crippen molar-refractivity contribution in [3.63, 3.8) is 0 Å². The minimum Gasteiger partial charge on any atom is -0.330 e. The van der Waals surface area contributed by atoms with Crippen LogP contribution >= 0.6 is 11.6 Å². The van der Waals surface area contributed by atoms with E-state index in [1.54, 1.807) is 0 Å². The first-order valence-corrected chi connectivity index (χ1v) is 6.75. The van der Waals surface area contributed by atoms with Gasteiger partial charge in [-0.1, -0.05) is 18.5 Å². The summed E-state index contributed by atoms with van der Waals surface area (Å²) in [5.74, 6) is 1.20. The van der Waals surface area contributed by atoms with Crippen molar-refractivity contribution in [1.29, 1.82) is 0 Å². The molecule has 2 rings (SSSR count). The molecule has 0 amide bonds.